The molecule has 1 aromatic carbocycles. The van der Waals surface area contributed by atoms with E-state index < -0.39 is 22.5 Å². The second-order valence-electron chi connectivity index (χ2n) is 4.92. The van der Waals surface area contributed by atoms with Crippen LogP contribution in [0.2, 0.25) is 0 Å². The monoisotopic (exact) mass is 295 g/mol. The molecule has 3 N–H and O–H groups in total. The summed E-state index contributed by atoms with van der Waals surface area (Å²) in [4.78, 5) is 32.6. The van der Waals surface area contributed by atoms with Gasteiger partial charge in [0.1, 0.15) is 0 Å². The Kier molecular flexibility index (Phi) is 5.23. The molecule has 21 heavy (non-hydrogen) atoms. The number of rotatable bonds is 6. The lowest BCUT2D eigenvalue weighted by atomic mass is 9.93. The number of nitro benzene ring substituents is 1. The summed E-state index contributed by atoms with van der Waals surface area (Å²) in [6, 6.07) is 5.54. The number of hydrogen-bond donors (Lipinski definition) is 3. The Morgan fingerprint density at radius 1 is 1.33 bits per heavy atom. The highest BCUT2D eigenvalue weighted by atomic mass is 16.6. The second-order valence-corrected chi connectivity index (χ2v) is 4.92. The van der Waals surface area contributed by atoms with Gasteiger partial charge in [-0.2, -0.15) is 0 Å². The highest BCUT2D eigenvalue weighted by Crippen LogP contribution is 2.28. The Morgan fingerprint density at radius 2 is 1.95 bits per heavy atom. The molecule has 0 bridgehead atoms. The molecule has 1 aromatic rings. The number of hydrogen-bond acceptors (Lipinski definition) is 4. The highest BCUT2D eigenvalue weighted by molar-refractivity contribution is 5.76. The minimum Gasteiger partial charge on any atom is -0.481 e. The number of amides is 2. The lowest BCUT2D eigenvalue weighted by molar-refractivity contribution is -0.386. The van der Waals surface area contributed by atoms with E-state index in [0.717, 1.165) is 0 Å². The average molecular weight is 295 g/mol. The first kappa shape index (κ1) is 16.4. The molecule has 0 aliphatic carbocycles. The molecular weight excluding hydrogens is 278 g/mol. The van der Waals surface area contributed by atoms with E-state index in [4.69, 9.17) is 5.11 Å². The van der Waals surface area contributed by atoms with Gasteiger partial charge in [0.25, 0.3) is 5.69 Å². The number of carboxylic acids is 1. The molecule has 0 saturated heterocycles. The molecule has 0 unspecified atom stereocenters. The van der Waals surface area contributed by atoms with Crippen molar-refractivity contribution in [2.24, 2.45) is 0 Å². The summed E-state index contributed by atoms with van der Waals surface area (Å²) in [6.07, 6.45) is -0.195. The van der Waals surface area contributed by atoms with E-state index in [1.54, 1.807) is 32.0 Å². The third-order valence-electron chi connectivity index (χ3n) is 2.82. The molecular formula is C13H17N3O5. The third-order valence-corrected chi connectivity index (χ3v) is 2.82. The van der Waals surface area contributed by atoms with Crippen molar-refractivity contribution >= 4 is 17.7 Å². The SMILES string of the molecule is CC(C)(NC(=O)NCCC(=O)O)c1ccccc1[N+](=O)[O-]. The summed E-state index contributed by atoms with van der Waals surface area (Å²) in [6.45, 7) is 3.24. The van der Waals surface area contributed by atoms with Crippen LogP contribution < -0.4 is 10.6 Å². The topological polar surface area (TPSA) is 122 Å². The zero-order valence-corrected chi connectivity index (χ0v) is 11.8. The van der Waals surface area contributed by atoms with Crippen LogP contribution in [0.4, 0.5) is 10.5 Å². The quantitative estimate of drug-likeness (QED) is 0.543. The zero-order valence-electron chi connectivity index (χ0n) is 11.8. The number of carbonyl (C=O) groups excluding carboxylic acids is 1. The van der Waals surface area contributed by atoms with Crippen LogP contribution in [-0.4, -0.2) is 28.6 Å². The number of nitrogens with one attached hydrogen (secondary N) is 2. The third kappa shape index (κ3) is 4.75. The summed E-state index contributed by atoms with van der Waals surface area (Å²) in [5, 5.41) is 24.5. The van der Waals surface area contributed by atoms with E-state index in [-0.39, 0.29) is 18.7 Å². The van der Waals surface area contributed by atoms with Crippen molar-refractivity contribution in [3.63, 3.8) is 0 Å². The zero-order chi connectivity index (χ0) is 16.0. The van der Waals surface area contributed by atoms with Crippen LogP contribution in [0.15, 0.2) is 24.3 Å². The van der Waals surface area contributed by atoms with Crippen molar-refractivity contribution in [2.75, 3.05) is 6.54 Å². The largest absolute Gasteiger partial charge is 0.481 e. The van der Waals surface area contributed by atoms with E-state index in [9.17, 15) is 19.7 Å². The number of carboxylic acid groups (broad SMARTS) is 1. The molecule has 1 rings (SSSR count). The number of nitro groups is 1. The summed E-state index contributed by atoms with van der Waals surface area (Å²) in [5.74, 6) is -1.02. The van der Waals surface area contributed by atoms with Crippen LogP contribution in [0.25, 0.3) is 0 Å². The highest BCUT2D eigenvalue weighted by Gasteiger charge is 2.29. The summed E-state index contributed by atoms with van der Waals surface area (Å²) >= 11 is 0. The lowest BCUT2D eigenvalue weighted by Crippen LogP contribution is -2.47. The summed E-state index contributed by atoms with van der Waals surface area (Å²) in [7, 11) is 0. The van der Waals surface area contributed by atoms with E-state index in [1.807, 2.05) is 0 Å². The van der Waals surface area contributed by atoms with Crippen LogP contribution in [0.1, 0.15) is 25.8 Å². The average Bonchev–Trinajstić information content (AvgIpc) is 2.37. The molecule has 0 heterocycles. The maximum absolute atomic E-state index is 11.7. The Hall–Kier alpha value is -2.64. The smallest absolute Gasteiger partial charge is 0.315 e. The molecule has 2 amide bonds. The van der Waals surface area contributed by atoms with Gasteiger partial charge in [-0.15, -0.1) is 0 Å². The number of carbonyl (C=O) groups is 2. The van der Waals surface area contributed by atoms with E-state index in [2.05, 4.69) is 10.6 Å². The fourth-order valence-corrected chi connectivity index (χ4v) is 1.84. The first-order chi connectivity index (χ1) is 9.74. The van der Waals surface area contributed by atoms with Gasteiger partial charge in [0, 0.05) is 12.6 Å². The summed E-state index contributed by atoms with van der Waals surface area (Å²) in [5.41, 5.74) is -0.700. The Morgan fingerprint density at radius 3 is 2.52 bits per heavy atom. The minimum atomic E-state index is -1.02. The first-order valence-corrected chi connectivity index (χ1v) is 6.26. The molecule has 0 radical (unpaired) electrons. The number of urea groups is 1. The molecule has 0 atom stereocenters. The molecule has 114 valence electrons. The molecule has 8 nitrogen and oxygen atoms in total. The van der Waals surface area contributed by atoms with Crippen molar-refractivity contribution in [3.8, 4) is 0 Å². The molecule has 0 aliphatic rings. The fourth-order valence-electron chi connectivity index (χ4n) is 1.84. The van der Waals surface area contributed by atoms with E-state index in [1.165, 1.54) is 6.07 Å². The Balaban J connectivity index is 2.79. The van der Waals surface area contributed by atoms with Crippen molar-refractivity contribution in [3.05, 3.63) is 39.9 Å². The van der Waals surface area contributed by atoms with Crippen LogP contribution in [0.5, 0.6) is 0 Å². The molecule has 0 aliphatic heterocycles. The van der Waals surface area contributed by atoms with Crippen molar-refractivity contribution in [1.29, 1.82) is 0 Å². The number of para-hydroxylation sites is 1. The number of benzene rings is 1. The van der Waals surface area contributed by atoms with Crippen LogP contribution in [0, 0.1) is 10.1 Å². The normalized spacial score (nSPS) is 10.8. The Labute approximate surface area is 121 Å². The first-order valence-electron chi connectivity index (χ1n) is 6.26. The van der Waals surface area contributed by atoms with Gasteiger partial charge < -0.3 is 15.7 Å². The number of nitrogens with zero attached hydrogens (tertiary/aromatic N) is 1. The second kappa shape index (κ2) is 6.69. The van der Waals surface area contributed by atoms with E-state index >= 15 is 0 Å². The molecule has 0 saturated carbocycles. The van der Waals surface area contributed by atoms with Crippen LogP contribution >= 0.6 is 0 Å². The predicted molar refractivity (Wildman–Crippen MR) is 74.9 cm³/mol. The number of aliphatic carboxylic acids is 1. The van der Waals surface area contributed by atoms with Gasteiger partial charge in [0.05, 0.1) is 22.4 Å². The van der Waals surface area contributed by atoms with Gasteiger partial charge in [-0.05, 0) is 19.9 Å². The molecule has 8 heteroatoms. The molecule has 0 aromatic heterocycles. The summed E-state index contributed by atoms with van der Waals surface area (Å²) < 4.78 is 0. The molecule has 0 spiro atoms. The maximum Gasteiger partial charge on any atom is 0.315 e. The van der Waals surface area contributed by atoms with Gasteiger partial charge in [-0.1, -0.05) is 12.1 Å². The van der Waals surface area contributed by atoms with Crippen LogP contribution in [0.3, 0.4) is 0 Å². The van der Waals surface area contributed by atoms with Gasteiger partial charge >= 0.3 is 12.0 Å². The van der Waals surface area contributed by atoms with Crippen LogP contribution in [-0.2, 0) is 10.3 Å². The van der Waals surface area contributed by atoms with Crippen molar-refractivity contribution in [2.45, 2.75) is 25.8 Å². The van der Waals surface area contributed by atoms with Gasteiger partial charge in [-0.3, -0.25) is 14.9 Å². The predicted octanol–water partition coefficient (Wildman–Crippen LogP) is 1.60. The van der Waals surface area contributed by atoms with Crippen molar-refractivity contribution in [1.82, 2.24) is 10.6 Å². The minimum absolute atomic E-state index is 0.0197. The lowest BCUT2D eigenvalue weighted by Gasteiger charge is -2.26. The Bertz CT molecular complexity index is 556. The van der Waals surface area contributed by atoms with E-state index in [0.29, 0.717) is 5.56 Å². The fraction of sp³-hybridized carbons (Fsp3) is 0.385. The molecule has 0 fully saturated rings. The van der Waals surface area contributed by atoms with Gasteiger partial charge in [0.2, 0.25) is 0 Å². The van der Waals surface area contributed by atoms with Gasteiger partial charge in [-0.25, -0.2) is 4.79 Å². The standard InChI is InChI=1S/C13H17N3O5/c1-13(2,15-12(19)14-8-7-11(17)18)9-5-3-4-6-10(9)16(20)21/h3-6H,7-8H2,1-2H3,(H,17,18)(H2,14,15,19). The maximum atomic E-state index is 11.7. The van der Waals surface area contributed by atoms with Crippen molar-refractivity contribution < 1.29 is 19.6 Å². The van der Waals surface area contributed by atoms with Gasteiger partial charge in [0.15, 0.2) is 0 Å².